The number of hydrogen-bond donors (Lipinski definition) is 0. The first kappa shape index (κ1) is 23.4. The Bertz CT molecular complexity index is 1040. The minimum absolute atomic E-state index is 0.00192. The summed E-state index contributed by atoms with van der Waals surface area (Å²) in [4.78, 5) is 4.74. The van der Waals surface area contributed by atoms with Crippen molar-refractivity contribution < 1.29 is 26.3 Å². The van der Waals surface area contributed by atoms with E-state index in [0.717, 1.165) is 51.4 Å². The van der Waals surface area contributed by atoms with Crippen molar-refractivity contribution >= 4 is 22.7 Å². The van der Waals surface area contributed by atoms with Gasteiger partial charge in [-0.3, -0.25) is 0 Å². The zero-order chi connectivity index (χ0) is 22.8. The van der Waals surface area contributed by atoms with Crippen LogP contribution in [0.4, 0.5) is 26.3 Å². The molecule has 0 spiro atoms. The molecule has 2 aromatic carbocycles. The fourth-order valence-corrected chi connectivity index (χ4v) is 4.22. The van der Waals surface area contributed by atoms with Crippen molar-refractivity contribution in [3.05, 3.63) is 70.3 Å². The highest BCUT2D eigenvalue weighted by Crippen LogP contribution is 2.37. The van der Waals surface area contributed by atoms with Gasteiger partial charge < -0.3 is 0 Å². The molecule has 0 fully saturated rings. The molecule has 0 saturated carbocycles. The third-order valence-corrected chi connectivity index (χ3v) is 6.10. The fourth-order valence-electron chi connectivity index (χ4n) is 3.32. The number of thioether (sulfide) groups is 1. The van der Waals surface area contributed by atoms with Gasteiger partial charge in [0.15, 0.2) is 0 Å². The van der Waals surface area contributed by atoms with Gasteiger partial charge in [-0.15, -0.1) is 11.8 Å². The normalized spacial score (nSPS) is 12.5. The van der Waals surface area contributed by atoms with Crippen LogP contribution in [0.1, 0.15) is 41.2 Å². The Balaban J connectivity index is 1.97. The number of aromatic nitrogens is 1. The Labute approximate surface area is 180 Å². The monoisotopic (exact) mass is 457 g/mol. The smallest absolute Gasteiger partial charge is 0.241 e. The Morgan fingerprint density at radius 2 is 1.52 bits per heavy atom. The molecule has 8 heteroatoms. The number of benzene rings is 2. The second-order valence-electron chi connectivity index (χ2n) is 7.36. The largest absolute Gasteiger partial charge is 0.416 e. The van der Waals surface area contributed by atoms with Crippen molar-refractivity contribution in [2.75, 3.05) is 5.75 Å². The number of nitrogens with zero attached hydrogens (tertiary/aromatic N) is 1. The van der Waals surface area contributed by atoms with Crippen LogP contribution in [0.25, 0.3) is 10.9 Å². The molecule has 3 rings (SSSR count). The molecule has 0 saturated heterocycles. The molecule has 31 heavy (non-hydrogen) atoms. The van der Waals surface area contributed by atoms with Gasteiger partial charge in [-0.05, 0) is 72.9 Å². The predicted molar refractivity (Wildman–Crippen MR) is 111 cm³/mol. The van der Waals surface area contributed by atoms with Crippen LogP contribution < -0.4 is 0 Å². The van der Waals surface area contributed by atoms with Gasteiger partial charge in [0.25, 0.3) is 0 Å². The lowest BCUT2D eigenvalue weighted by molar-refractivity contribution is -0.143. The molecule has 0 aliphatic heterocycles. The SMILES string of the molecule is CCCSc1nc2c(C)cccc2cc1CCc1cc(C(F)(F)F)cc(C(F)(F)F)c1. The van der Waals surface area contributed by atoms with Gasteiger partial charge >= 0.3 is 12.4 Å². The maximum Gasteiger partial charge on any atom is 0.416 e. The van der Waals surface area contributed by atoms with E-state index in [2.05, 4.69) is 0 Å². The van der Waals surface area contributed by atoms with Crippen LogP contribution in [0.15, 0.2) is 47.5 Å². The highest BCUT2D eigenvalue weighted by molar-refractivity contribution is 7.99. The van der Waals surface area contributed by atoms with Crippen molar-refractivity contribution in [1.29, 1.82) is 0 Å². The summed E-state index contributed by atoms with van der Waals surface area (Å²) >= 11 is 1.55. The number of pyridine rings is 1. The lowest BCUT2D eigenvalue weighted by Gasteiger charge is -2.15. The van der Waals surface area contributed by atoms with Crippen LogP contribution in [-0.4, -0.2) is 10.7 Å². The summed E-state index contributed by atoms with van der Waals surface area (Å²) in [5.74, 6) is 0.819. The molecule has 166 valence electrons. The molecular weight excluding hydrogens is 436 g/mol. The van der Waals surface area contributed by atoms with Crippen molar-refractivity contribution in [3.63, 3.8) is 0 Å². The predicted octanol–water partition coefficient (Wildman–Crippen LogP) is 7.87. The van der Waals surface area contributed by atoms with Crippen LogP contribution in [0, 0.1) is 6.92 Å². The molecule has 1 heterocycles. The van der Waals surface area contributed by atoms with E-state index >= 15 is 0 Å². The number of rotatable bonds is 6. The van der Waals surface area contributed by atoms with E-state index in [9.17, 15) is 26.3 Å². The van der Waals surface area contributed by atoms with Gasteiger partial charge in [0, 0.05) is 5.39 Å². The molecule has 0 atom stereocenters. The molecule has 0 radical (unpaired) electrons. The van der Waals surface area contributed by atoms with E-state index in [4.69, 9.17) is 4.98 Å². The zero-order valence-corrected chi connectivity index (χ0v) is 17.8. The summed E-state index contributed by atoms with van der Waals surface area (Å²) in [6, 6.07) is 9.44. The third kappa shape index (κ3) is 5.73. The summed E-state index contributed by atoms with van der Waals surface area (Å²) < 4.78 is 78.8. The second-order valence-corrected chi connectivity index (χ2v) is 8.45. The topological polar surface area (TPSA) is 12.9 Å². The van der Waals surface area contributed by atoms with Crippen molar-refractivity contribution in [2.45, 2.75) is 50.5 Å². The quantitative estimate of drug-likeness (QED) is 0.276. The number of fused-ring (bicyclic) bond motifs is 1. The lowest BCUT2D eigenvalue weighted by Crippen LogP contribution is -2.12. The van der Waals surface area contributed by atoms with Crippen LogP contribution in [0.2, 0.25) is 0 Å². The van der Waals surface area contributed by atoms with Crippen molar-refractivity contribution in [2.24, 2.45) is 0 Å². The molecule has 0 aliphatic rings. The molecule has 0 bridgehead atoms. The molecule has 0 N–H and O–H groups in total. The Kier molecular flexibility index (Phi) is 6.88. The zero-order valence-electron chi connectivity index (χ0n) is 17.0. The number of aryl methyl sites for hydroxylation is 3. The van der Waals surface area contributed by atoms with E-state index in [1.165, 1.54) is 0 Å². The van der Waals surface area contributed by atoms with Gasteiger partial charge in [0.2, 0.25) is 0 Å². The first-order chi connectivity index (χ1) is 14.5. The standard InChI is InChI=1S/C23H21F6NS/c1-3-9-31-21-17(12-16-6-4-5-14(2)20(16)30-21)8-7-15-10-18(22(24,25)26)13-19(11-15)23(27,28)29/h4-6,10-13H,3,7-9H2,1-2H3. The maximum atomic E-state index is 13.1. The van der Waals surface area contributed by atoms with E-state index in [1.54, 1.807) is 11.8 Å². The van der Waals surface area contributed by atoms with E-state index < -0.39 is 23.5 Å². The molecule has 1 nitrogen and oxygen atoms in total. The van der Waals surface area contributed by atoms with E-state index in [0.29, 0.717) is 6.42 Å². The van der Waals surface area contributed by atoms with Crippen LogP contribution in [0.5, 0.6) is 0 Å². The molecule has 3 aromatic rings. The number of para-hydroxylation sites is 1. The van der Waals surface area contributed by atoms with E-state index in [1.807, 2.05) is 38.1 Å². The van der Waals surface area contributed by atoms with Gasteiger partial charge in [0.1, 0.15) is 0 Å². The van der Waals surface area contributed by atoms with Crippen LogP contribution in [0.3, 0.4) is 0 Å². The Morgan fingerprint density at radius 1 is 0.871 bits per heavy atom. The molecule has 0 unspecified atom stereocenters. The highest BCUT2D eigenvalue weighted by Gasteiger charge is 2.36. The van der Waals surface area contributed by atoms with Gasteiger partial charge in [-0.1, -0.05) is 25.1 Å². The molecule has 0 aliphatic carbocycles. The summed E-state index contributed by atoms with van der Waals surface area (Å²) in [7, 11) is 0. The minimum atomic E-state index is -4.85. The molecule has 1 aromatic heterocycles. The minimum Gasteiger partial charge on any atom is -0.241 e. The Hall–Kier alpha value is -2.22. The number of halogens is 6. The van der Waals surface area contributed by atoms with Gasteiger partial charge in [0.05, 0.1) is 21.7 Å². The highest BCUT2D eigenvalue weighted by atomic mass is 32.2. The van der Waals surface area contributed by atoms with Gasteiger partial charge in [-0.2, -0.15) is 26.3 Å². The Morgan fingerprint density at radius 3 is 2.10 bits per heavy atom. The lowest BCUT2D eigenvalue weighted by atomic mass is 9.99. The first-order valence-electron chi connectivity index (χ1n) is 9.79. The number of alkyl halides is 6. The maximum absolute atomic E-state index is 13.1. The average Bonchev–Trinajstić information content (AvgIpc) is 2.69. The van der Waals surface area contributed by atoms with Crippen molar-refractivity contribution in [3.8, 4) is 0 Å². The summed E-state index contributed by atoms with van der Waals surface area (Å²) in [5.41, 5.74) is 0.106. The number of hydrogen-bond acceptors (Lipinski definition) is 2. The molecular formula is C23H21F6NS. The van der Waals surface area contributed by atoms with Crippen LogP contribution in [-0.2, 0) is 25.2 Å². The molecule has 0 amide bonds. The van der Waals surface area contributed by atoms with Crippen LogP contribution >= 0.6 is 11.8 Å². The van der Waals surface area contributed by atoms with Crippen molar-refractivity contribution in [1.82, 2.24) is 4.98 Å². The summed E-state index contributed by atoms with van der Waals surface area (Å²) in [6.07, 6.45) is -8.44. The fraction of sp³-hybridized carbons (Fsp3) is 0.348. The third-order valence-electron chi connectivity index (χ3n) is 4.86. The summed E-state index contributed by atoms with van der Waals surface area (Å²) in [6.45, 7) is 3.98. The first-order valence-corrected chi connectivity index (χ1v) is 10.8. The van der Waals surface area contributed by atoms with Gasteiger partial charge in [-0.25, -0.2) is 4.98 Å². The second kappa shape index (κ2) is 9.10. The summed E-state index contributed by atoms with van der Waals surface area (Å²) in [5, 5.41) is 1.67. The van der Waals surface area contributed by atoms with E-state index in [-0.39, 0.29) is 18.1 Å². The average molecular weight is 457 g/mol.